The van der Waals surface area contributed by atoms with Crippen LogP contribution in [0.15, 0.2) is 0 Å². The summed E-state index contributed by atoms with van der Waals surface area (Å²) in [4.78, 5) is 0. The fourth-order valence-corrected chi connectivity index (χ4v) is 0.267. The lowest BCUT2D eigenvalue weighted by atomic mass is 10.8. The second kappa shape index (κ2) is 1.77. The van der Waals surface area contributed by atoms with Crippen LogP contribution in [-0.2, 0) is 0 Å². The highest BCUT2D eigenvalue weighted by atomic mass is 19.1. The molecule has 4 nitrogen and oxygen atoms in total. The van der Waals surface area contributed by atoms with Crippen molar-refractivity contribution in [3.05, 3.63) is 11.9 Å². The minimum atomic E-state index is -0.893. The first-order chi connectivity index (χ1) is 3.79. The van der Waals surface area contributed by atoms with Crippen molar-refractivity contribution in [2.75, 3.05) is 0 Å². The highest BCUT2D eigenvalue weighted by Gasteiger charge is 1.90. The van der Waals surface area contributed by atoms with Gasteiger partial charge in [0.25, 0.3) is 0 Å². The quantitative estimate of drug-likeness (QED) is 0.465. The zero-order chi connectivity index (χ0) is 5.98. The number of nitrogens with zero attached hydrogens (tertiary/aromatic N) is 4. The Bertz CT molecular complexity index is 150. The Balaban J connectivity index is 3.03. The number of aryl methyl sites for hydroxylation is 1. The second-order valence-corrected chi connectivity index (χ2v) is 1.22. The number of aromatic nitrogens is 4. The summed E-state index contributed by atoms with van der Waals surface area (Å²) in [6.45, 7) is 1.58. The Hall–Kier alpha value is -1.13. The third-order valence-electron chi connectivity index (χ3n) is 0.554. The van der Waals surface area contributed by atoms with Crippen LogP contribution in [0.3, 0.4) is 0 Å². The Morgan fingerprint density at radius 2 is 1.62 bits per heavy atom. The number of halogens is 1. The van der Waals surface area contributed by atoms with Crippen molar-refractivity contribution < 1.29 is 4.39 Å². The van der Waals surface area contributed by atoms with E-state index in [0.717, 1.165) is 0 Å². The summed E-state index contributed by atoms with van der Waals surface area (Å²) in [5, 5.41) is 12.5. The third-order valence-corrected chi connectivity index (χ3v) is 0.554. The molecule has 0 aliphatic heterocycles. The fraction of sp³-hybridized carbons (Fsp3) is 0.333. The van der Waals surface area contributed by atoms with Crippen LogP contribution < -0.4 is 0 Å². The molecular formula is C3H3FN4. The van der Waals surface area contributed by atoms with Crippen molar-refractivity contribution >= 4 is 0 Å². The van der Waals surface area contributed by atoms with Crippen molar-refractivity contribution in [1.29, 1.82) is 0 Å². The van der Waals surface area contributed by atoms with Gasteiger partial charge in [-0.1, -0.05) is 10.2 Å². The summed E-state index contributed by atoms with van der Waals surface area (Å²) in [7, 11) is 0. The van der Waals surface area contributed by atoms with Crippen LogP contribution in [0.25, 0.3) is 0 Å². The van der Waals surface area contributed by atoms with Crippen LogP contribution in [0, 0.1) is 13.0 Å². The first-order valence-corrected chi connectivity index (χ1v) is 1.98. The minimum absolute atomic E-state index is 0.367. The van der Waals surface area contributed by atoms with Gasteiger partial charge in [-0.2, -0.15) is 4.39 Å². The van der Waals surface area contributed by atoms with Crippen molar-refractivity contribution in [1.82, 2.24) is 20.4 Å². The van der Waals surface area contributed by atoms with E-state index in [9.17, 15) is 4.39 Å². The van der Waals surface area contributed by atoms with E-state index >= 15 is 0 Å². The minimum Gasteiger partial charge on any atom is -0.158 e. The van der Waals surface area contributed by atoms with E-state index in [1.165, 1.54) is 0 Å². The van der Waals surface area contributed by atoms with E-state index in [1.54, 1.807) is 6.92 Å². The van der Waals surface area contributed by atoms with E-state index in [-0.39, 0.29) is 0 Å². The van der Waals surface area contributed by atoms with Gasteiger partial charge < -0.3 is 0 Å². The maximum Gasteiger partial charge on any atom is 0.346 e. The van der Waals surface area contributed by atoms with Crippen molar-refractivity contribution in [2.45, 2.75) is 6.92 Å². The van der Waals surface area contributed by atoms with E-state index in [4.69, 9.17) is 0 Å². The number of hydrogen-bond acceptors (Lipinski definition) is 4. The van der Waals surface area contributed by atoms with Crippen LogP contribution in [0.2, 0.25) is 0 Å². The Morgan fingerprint density at radius 1 is 1.12 bits per heavy atom. The van der Waals surface area contributed by atoms with Crippen molar-refractivity contribution in [3.8, 4) is 0 Å². The van der Waals surface area contributed by atoms with Gasteiger partial charge in [-0.3, -0.25) is 0 Å². The predicted molar refractivity (Wildman–Crippen MR) is 22.3 cm³/mol. The van der Waals surface area contributed by atoms with Gasteiger partial charge in [0, 0.05) is 0 Å². The molecule has 0 aliphatic rings. The Kier molecular flexibility index (Phi) is 1.11. The molecule has 8 heavy (non-hydrogen) atoms. The average Bonchev–Trinajstić information content (AvgIpc) is 1.77. The van der Waals surface area contributed by atoms with E-state index in [0.29, 0.717) is 5.82 Å². The molecule has 0 saturated carbocycles. The molecule has 0 aromatic carbocycles. The number of rotatable bonds is 0. The standard InChI is InChI=1S/C3H3FN4/c1-2-5-7-3(4)8-6-2/h1H3. The molecule has 1 aromatic heterocycles. The highest BCUT2D eigenvalue weighted by Crippen LogP contribution is 1.78. The first kappa shape index (κ1) is 5.02. The maximum atomic E-state index is 11.7. The lowest BCUT2D eigenvalue weighted by Gasteiger charge is -1.82. The third kappa shape index (κ3) is 0.927. The molecule has 0 fully saturated rings. The summed E-state index contributed by atoms with van der Waals surface area (Å²) >= 11 is 0. The fourth-order valence-electron chi connectivity index (χ4n) is 0.267. The normalized spacial score (nSPS) is 9.25. The maximum absolute atomic E-state index is 11.7. The summed E-state index contributed by atoms with van der Waals surface area (Å²) in [5.41, 5.74) is 0. The molecule has 0 atom stereocenters. The van der Waals surface area contributed by atoms with Gasteiger partial charge in [0.2, 0.25) is 0 Å². The molecular weight excluding hydrogens is 111 g/mol. The van der Waals surface area contributed by atoms with Crippen LogP contribution in [0.5, 0.6) is 0 Å². The molecule has 0 saturated heterocycles. The molecule has 0 bridgehead atoms. The predicted octanol–water partition coefficient (Wildman–Crippen LogP) is -0.286. The molecule has 0 radical (unpaired) electrons. The molecule has 42 valence electrons. The van der Waals surface area contributed by atoms with Crippen LogP contribution in [0.4, 0.5) is 4.39 Å². The van der Waals surface area contributed by atoms with E-state index in [2.05, 4.69) is 20.4 Å². The molecule has 1 heterocycles. The van der Waals surface area contributed by atoms with Crippen LogP contribution in [0.1, 0.15) is 5.82 Å². The molecule has 1 rings (SSSR count). The van der Waals surface area contributed by atoms with Crippen molar-refractivity contribution in [2.24, 2.45) is 0 Å². The van der Waals surface area contributed by atoms with Gasteiger partial charge in [0.15, 0.2) is 5.82 Å². The summed E-state index contributed by atoms with van der Waals surface area (Å²) in [5.74, 6) is 0.367. The van der Waals surface area contributed by atoms with Gasteiger partial charge in [-0.15, -0.1) is 10.2 Å². The van der Waals surface area contributed by atoms with E-state index < -0.39 is 6.08 Å². The zero-order valence-corrected chi connectivity index (χ0v) is 4.17. The van der Waals surface area contributed by atoms with Crippen molar-refractivity contribution in [3.63, 3.8) is 0 Å². The van der Waals surface area contributed by atoms with Gasteiger partial charge in [0.05, 0.1) is 0 Å². The summed E-state index contributed by atoms with van der Waals surface area (Å²) < 4.78 is 11.7. The van der Waals surface area contributed by atoms with Gasteiger partial charge in [0.1, 0.15) is 0 Å². The van der Waals surface area contributed by atoms with Crippen LogP contribution in [-0.4, -0.2) is 20.4 Å². The molecule has 5 heteroatoms. The molecule has 0 amide bonds. The molecule has 0 N–H and O–H groups in total. The smallest absolute Gasteiger partial charge is 0.158 e. The lowest BCUT2D eigenvalue weighted by Crippen LogP contribution is -1.98. The average molecular weight is 114 g/mol. The van der Waals surface area contributed by atoms with Gasteiger partial charge in [-0.25, -0.2) is 0 Å². The van der Waals surface area contributed by atoms with E-state index in [1.807, 2.05) is 0 Å². The van der Waals surface area contributed by atoms with Crippen LogP contribution >= 0.6 is 0 Å². The Labute approximate surface area is 44.8 Å². The van der Waals surface area contributed by atoms with Gasteiger partial charge >= 0.3 is 6.08 Å². The SMILES string of the molecule is Cc1nnc(F)nn1. The molecule has 0 unspecified atom stereocenters. The molecule has 0 spiro atoms. The first-order valence-electron chi connectivity index (χ1n) is 1.98. The second-order valence-electron chi connectivity index (χ2n) is 1.22. The Morgan fingerprint density at radius 3 is 2.00 bits per heavy atom. The molecule has 1 aromatic rings. The largest absolute Gasteiger partial charge is 0.346 e. The highest BCUT2D eigenvalue weighted by molar-refractivity contribution is 4.66. The topological polar surface area (TPSA) is 51.6 Å². The number of hydrogen-bond donors (Lipinski definition) is 0. The lowest BCUT2D eigenvalue weighted by molar-refractivity contribution is 0.488. The van der Waals surface area contributed by atoms with Gasteiger partial charge in [-0.05, 0) is 6.92 Å². The molecule has 0 aliphatic carbocycles. The monoisotopic (exact) mass is 114 g/mol. The zero-order valence-electron chi connectivity index (χ0n) is 4.17. The summed E-state index contributed by atoms with van der Waals surface area (Å²) in [6.07, 6.45) is -0.893. The summed E-state index contributed by atoms with van der Waals surface area (Å²) in [6, 6.07) is 0.